The first kappa shape index (κ1) is 19.0. The summed E-state index contributed by atoms with van der Waals surface area (Å²) in [5.41, 5.74) is -0.0524. The average Bonchev–Trinajstić information content (AvgIpc) is 2.77. The van der Waals surface area contributed by atoms with Gasteiger partial charge in [-0.05, 0) is 52.0 Å². The summed E-state index contributed by atoms with van der Waals surface area (Å²) in [7, 11) is 1.11. The van der Waals surface area contributed by atoms with Gasteiger partial charge in [0.15, 0.2) is 3.57 Å². The van der Waals surface area contributed by atoms with Gasteiger partial charge >= 0.3 is 28.3 Å². The maximum absolute atomic E-state index is 6.80. The normalized spacial score (nSPS) is 18.4. The maximum Gasteiger partial charge on any atom is 0.500 e. The molecule has 0 spiro atoms. The molecule has 25 heavy (non-hydrogen) atoms. The Morgan fingerprint density at radius 2 is 1.56 bits per heavy atom. The van der Waals surface area contributed by atoms with Gasteiger partial charge in [0.25, 0.3) is 0 Å². The average molecular weight is 472 g/mol. The van der Waals surface area contributed by atoms with E-state index in [1.165, 1.54) is 3.57 Å². The Kier molecular flexibility index (Phi) is 5.40. The van der Waals surface area contributed by atoms with Gasteiger partial charge in [0.05, 0.1) is 23.3 Å². The molecular formula is C19H22BClIO3+. The van der Waals surface area contributed by atoms with Gasteiger partial charge in [-0.1, -0.05) is 29.8 Å². The lowest BCUT2D eigenvalue weighted by molar-refractivity contribution is -0.597. The highest BCUT2D eigenvalue weighted by Crippen LogP contribution is 2.37. The zero-order valence-electron chi connectivity index (χ0n) is 15.1. The fourth-order valence-corrected chi connectivity index (χ4v) is 5.39. The second-order valence-electron chi connectivity index (χ2n) is 6.96. The van der Waals surface area contributed by atoms with Gasteiger partial charge in [0.2, 0.25) is 3.57 Å². The van der Waals surface area contributed by atoms with E-state index in [-0.39, 0.29) is 0 Å². The van der Waals surface area contributed by atoms with Crippen molar-refractivity contribution in [2.24, 2.45) is 0 Å². The largest absolute Gasteiger partial charge is 0.500 e. The van der Waals surface area contributed by atoms with Gasteiger partial charge in [-0.2, -0.15) is 0 Å². The number of methoxy groups -OCH3 is 1. The van der Waals surface area contributed by atoms with E-state index in [1.54, 1.807) is 7.11 Å². The summed E-state index contributed by atoms with van der Waals surface area (Å²) in [5.74, 6) is 0.698. The molecule has 0 unspecified atom stereocenters. The van der Waals surface area contributed by atoms with Gasteiger partial charge in [-0.15, -0.1) is 0 Å². The van der Waals surface area contributed by atoms with Crippen molar-refractivity contribution in [2.75, 3.05) is 7.11 Å². The van der Waals surface area contributed by atoms with Crippen LogP contribution in [0.4, 0.5) is 0 Å². The minimum Gasteiger partial charge on any atom is -0.497 e. The van der Waals surface area contributed by atoms with Gasteiger partial charge in [0, 0.05) is 5.46 Å². The van der Waals surface area contributed by atoms with Crippen molar-refractivity contribution in [1.29, 1.82) is 0 Å². The molecule has 1 heterocycles. The van der Waals surface area contributed by atoms with Crippen LogP contribution in [0, 0.1) is 7.14 Å². The monoisotopic (exact) mass is 471 g/mol. The van der Waals surface area contributed by atoms with Crippen LogP contribution < -0.4 is 31.4 Å². The van der Waals surface area contributed by atoms with Gasteiger partial charge in [-0.25, -0.2) is 0 Å². The first-order chi connectivity index (χ1) is 11.7. The van der Waals surface area contributed by atoms with Crippen molar-refractivity contribution < 1.29 is 35.3 Å². The van der Waals surface area contributed by atoms with Crippen LogP contribution in [0.3, 0.4) is 0 Å². The van der Waals surface area contributed by atoms with E-state index in [1.807, 2.05) is 39.8 Å². The Bertz CT molecular complexity index is 749. The summed E-state index contributed by atoms with van der Waals surface area (Å²) in [4.78, 5) is 0. The molecule has 0 radical (unpaired) electrons. The molecule has 0 atom stereocenters. The lowest BCUT2D eigenvalue weighted by Crippen LogP contribution is -3.61. The molecule has 3 rings (SSSR count). The quantitative estimate of drug-likeness (QED) is 0.487. The topological polar surface area (TPSA) is 27.7 Å². The highest BCUT2D eigenvalue weighted by molar-refractivity contribution is 6.66. The highest BCUT2D eigenvalue weighted by atomic mass is 127. The van der Waals surface area contributed by atoms with E-state index >= 15 is 0 Å². The second kappa shape index (κ2) is 7.10. The van der Waals surface area contributed by atoms with Crippen molar-refractivity contribution >= 4 is 24.2 Å². The number of benzene rings is 2. The summed E-state index contributed by atoms with van der Waals surface area (Å²) in [6.45, 7) is 8.14. The number of hydrogen-bond acceptors (Lipinski definition) is 3. The maximum atomic E-state index is 6.80. The summed E-state index contributed by atoms with van der Waals surface area (Å²) >= 11 is 6.41. The number of ether oxygens (including phenoxy) is 1. The van der Waals surface area contributed by atoms with Gasteiger partial charge < -0.3 is 14.0 Å². The summed E-state index contributed by atoms with van der Waals surface area (Å²) in [6, 6.07) is 14.4. The van der Waals surface area contributed by atoms with Crippen LogP contribution in [0.15, 0.2) is 42.5 Å². The summed E-state index contributed by atoms with van der Waals surface area (Å²) in [6.07, 6.45) is 0. The Morgan fingerprint density at radius 1 is 0.960 bits per heavy atom. The van der Waals surface area contributed by atoms with Crippen molar-refractivity contribution in [1.82, 2.24) is 0 Å². The minimum absolute atomic E-state index is 0.391. The number of rotatable bonds is 4. The van der Waals surface area contributed by atoms with Gasteiger partial charge in [-0.3, -0.25) is 0 Å². The van der Waals surface area contributed by atoms with Crippen LogP contribution in [0.2, 0.25) is 5.02 Å². The third-order valence-corrected chi connectivity index (χ3v) is 8.29. The van der Waals surface area contributed by atoms with Gasteiger partial charge in [0.1, 0.15) is 5.75 Å². The summed E-state index contributed by atoms with van der Waals surface area (Å²) < 4.78 is 20.4. The van der Waals surface area contributed by atoms with Crippen LogP contribution in [0.1, 0.15) is 27.7 Å². The molecular weight excluding hydrogens is 449 g/mol. The molecule has 0 bridgehead atoms. The summed E-state index contributed by atoms with van der Waals surface area (Å²) in [5, 5.41) is 0.689. The molecule has 3 nitrogen and oxygen atoms in total. The molecule has 6 heteroatoms. The number of halogens is 2. The molecule has 2 aromatic carbocycles. The van der Waals surface area contributed by atoms with Crippen molar-refractivity contribution in [3.05, 3.63) is 54.6 Å². The SMILES string of the molecule is COc1ccc([I+]c2ccccc2)c(Cl)c1B1OC(C)(C)C(C)(C)O1. The number of hydrogen-bond donors (Lipinski definition) is 0. The molecule has 132 valence electrons. The van der Waals surface area contributed by atoms with E-state index in [9.17, 15) is 0 Å². The Hall–Kier alpha value is -0.755. The fraction of sp³-hybridized carbons (Fsp3) is 0.368. The van der Waals surface area contributed by atoms with Crippen LogP contribution in [-0.2, 0) is 9.31 Å². The second-order valence-corrected chi connectivity index (χ2v) is 10.3. The molecule has 0 amide bonds. The van der Waals surface area contributed by atoms with Crippen LogP contribution in [0.25, 0.3) is 0 Å². The minimum atomic E-state index is -0.535. The first-order valence-corrected chi connectivity index (χ1v) is 10.7. The highest BCUT2D eigenvalue weighted by Gasteiger charge is 2.53. The van der Waals surface area contributed by atoms with Crippen molar-refractivity contribution in [3.8, 4) is 5.75 Å². The van der Waals surface area contributed by atoms with E-state index in [4.69, 9.17) is 25.6 Å². The first-order valence-electron chi connectivity index (χ1n) is 8.17. The molecule has 1 saturated heterocycles. The molecule has 0 aliphatic carbocycles. The molecule has 1 aliphatic rings. The van der Waals surface area contributed by atoms with E-state index in [0.717, 1.165) is 9.03 Å². The van der Waals surface area contributed by atoms with Crippen molar-refractivity contribution in [2.45, 2.75) is 38.9 Å². The third kappa shape index (κ3) is 3.70. The predicted octanol–water partition coefficient (Wildman–Crippen LogP) is 0.776. The van der Waals surface area contributed by atoms with E-state index in [2.05, 4.69) is 30.3 Å². The van der Waals surface area contributed by atoms with Crippen molar-refractivity contribution in [3.63, 3.8) is 0 Å². The standard InChI is InChI=1S/C19H22BClIO3/c1-18(2)19(3,4)25-20(24-18)16-15(23-5)12-11-14(17(16)21)22-13-9-7-6-8-10-13/h6-12H,1-5H3/q+1. The molecule has 0 N–H and O–H groups in total. The van der Waals surface area contributed by atoms with Crippen LogP contribution in [0.5, 0.6) is 5.75 Å². The lowest BCUT2D eigenvalue weighted by atomic mass is 9.78. The van der Waals surface area contributed by atoms with E-state index in [0.29, 0.717) is 10.8 Å². The third-order valence-electron chi connectivity index (χ3n) is 4.75. The zero-order valence-corrected chi connectivity index (χ0v) is 18.0. The smallest absolute Gasteiger partial charge is 0.497 e. The zero-order chi connectivity index (χ0) is 18.2. The van der Waals surface area contributed by atoms with Crippen LogP contribution >= 0.6 is 11.6 Å². The molecule has 1 aliphatic heterocycles. The molecule has 0 saturated carbocycles. The van der Waals surface area contributed by atoms with E-state index < -0.39 is 39.5 Å². The predicted molar refractivity (Wildman–Crippen MR) is 97.6 cm³/mol. The fourth-order valence-electron chi connectivity index (χ4n) is 2.58. The Labute approximate surface area is 165 Å². The Morgan fingerprint density at radius 3 is 2.12 bits per heavy atom. The molecule has 1 fully saturated rings. The Balaban J connectivity index is 2.00. The lowest BCUT2D eigenvalue weighted by Gasteiger charge is -2.32. The van der Waals surface area contributed by atoms with Crippen LogP contribution in [-0.4, -0.2) is 25.4 Å². The molecule has 2 aromatic rings. The molecule has 0 aromatic heterocycles.